The molecule has 1 saturated heterocycles. The Bertz CT molecular complexity index is 1090. The molecule has 4 saturated carbocycles. The highest BCUT2D eigenvalue weighted by atomic mass is 32.2. The van der Waals surface area contributed by atoms with Crippen molar-refractivity contribution in [1.82, 2.24) is 9.29 Å². The van der Waals surface area contributed by atoms with E-state index in [-0.39, 0.29) is 5.41 Å². The maximum atomic E-state index is 13.3. The number of aldehydes is 1. The number of sulfonamides is 1. The average Bonchev–Trinajstić information content (AvgIpc) is 2.90. The zero-order valence-corrected chi connectivity index (χ0v) is 18.9. The molecule has 1 aliphatic heterocycles. The second-order valence-corrected chi connectivity index (χ2v) is 12.7. The van der Waals surface area contributed by atoms with Crippen molar-refractivity contribution in [3.8, 4) is 0 Å². The van der Waals surface area contributed by atoms with Gasteiger partial charge in [-0.3, -0.25) is 4.79 Å². The fourth-order valence-corrected chi connectivity index (χ4v) is 9.28. The van der Waals surface area contributed by atoms with E-state index in [0.29, 0.717) is 23.5 Å². The van der Waals surface area contributed by atoms with Crippen LogP contribution < -0.4 is 0 Å². The van der Waals surface area contributed by atoms with Gasteiger partial charge in [-0.15, -0.1) is 0 Å². The summed E-state index contributed by atoms with van der Waals surface area (Å²) in [6.07, 6.45) is 12.6. The Morgan fingerprint density at radius 3 is 2.13 bits per heavy atom. The summed E-state index contributed by atoms with van der Waals surface area (Å²) in [6.45, 7) is 1.18. The Hall–Kier alpha value is -1.66. The minimum absolute atomic E-state index is 0.0772. The molecule has 31 heavy (non-hydrogen) atoms. The quantitative estimate of drug-likeness (QED) is 0.679. The highest BCUT2D eigenvalue weighted by Crippen LogP contribution is 2.61. The second-order valence-electron chi connectivity index (χ2n) is 10.8. The zero-order chi connectivity index (χ0) is 21.2. The second kappa shape index (κ2) is 7.17. The molecule has 2 heterocycles. The summed E-state index contributed by atoms with van der Waals surface area (Å²) in [5.74, 6) is 2.36. The normalized spacial score (nSPS) is 33.6. The van der Waals surface area contributed by atoms with E-state index < -0.39 is 10.0 Å². The maximum absolute atomic E-state index is 13.3. The SMILES string of the molecule is O=Cc1c(C23CC4CC(CC(C4)C2)C3)[nH]c2ccc(S(=O)(=O)N3CCCCCC3)cc12. The van der Waals surface area contributed by atoms with Gasteiger partial charge in [-0.1, -0.05) is 12.8 Å². The molecule has 0 radical (unpaired) electrons. The molecule has 166 valence electrons. The van der Waals surface area contributed by atoms with E-state index in [2.05, 4.69) is 4.98 Å². The number of aromatic amines is 1. The van der Waals surface area contributed by atoms with Crippen LogP contribution in [0.15, 0.2) is 23.1 Å². The van der Waals surface area contributed by atoms with E-state index in [9.17, 15) is 13.2 Å². The van der Waals surface area contributed by atoms with Gasteiger partial charge in [0, 0.05) is 40.7 Å². The molecule has 6 heteroatoms. The van der Waals surface area contributed by atoms with Crippen molar-refractivity contribution in [2.45, 2.75) is 74.5 Å². The van der Waals surface area contributed by atoms with Crippen LogP contribution in [0.25, 0.3) is 10.9 Å². The van der Waals surface area contributed by atoms with Gasteiger partial charge in [-0.25, -0.2) is 8.42 Å². The topological polar surface area (TPSA) is 70.2 Å². The molecule has 7 rings (SSSR count). The summed E-state index contributed by atoms with van der Waals surface area (Å²) in [7, 11) is -3.53. The number of nitrogens with one attached hydrogen (secondary N) is 1. The predicted molar refractivity (Wildman–Crippen MR) is 121 cm³/mol. The first kappa shape index (κ1) is 20.0. The third-order valence-corrected chi connectivity index (χ3v) is 10.6. The van der Waals surface area contributed by atoms with Crippen molar-refractivity contribution in [3.05, 3.63) is 29.5 Å². The van der Waals surface area contributed by atoms with Crippen molar-refractivity contribution >= 4 is 27.2 Å². The van der Waals surface area contributed by atoms with Gasteiger partial charge in [-0.05, 0) is 87.3 Å². The van der Waals surface area contributed by atoms with E-state index in [0.717, 1.165) is 66.3 Å². The van der Waals surface area contributed by atoms with Gasteiger partial charge in [0.2, 0.25) is 10.0 Å². The summed E-state index contributed by atoms with van der Waals surface area (Å²) in [4.78, 5) is 16.2. The van der Waals surface area contributed by atoms with E-state index in [4.69, 9.17) is 0 Å². The Balaban J connectivity index is 1.43. The van der Waals surface area contributed by atoms with Gasteiger partial charge in [0.1, 0.15) is 0 Å². The van der Waals surface area contributed by atoms with Crippen molar-refractivity contribution in [2.24, 2.45) is 17.8 Å². The summed E-state index contributed by atoms with van der Waals surface area (Å²) in [6, 6.07) is 5.34. The molecule has 1 aromatic carbocycles. The molecule has 4 aliphatic carbocycles. The summed E-state index contributed by atoms with van der Waals surface area (Å²) in [5, 5.41) is 0.775. The Labute approximate surface area is 184 Å². The number of hydrogen-bond donors (Lipinski definition) is 1. The maximum Gasteiger partial charge on any atom is 0.243 e. The minimum Gasteiger partial charge on any atom is -0.357 e. The molecule has 5 aliphatic rings. The molecule has 5 fully saturated rings. The first-order chi connectivity index (χ1) is 15.0. The Kier molecular flexibility index (Phi) is 4.62. The number of nitrogens with zero attached hydrogens (tertiary/aromatic N) is 1. The fourth-order valence-electron chi connectivity index (χ4n) is 7.74. The lowest BCUT2D eigenvalue weighted by molar-refractivity contribution is -0.00710. The fraction of sp³-hybridized carbons (Fsp3) is 0.640. The third-order valence-electron chi connectivity index (χ3n) is 8.70. The average molecular weight is 441 g/mol. The van der Waals surface area contributed by atoms with Crippen molar-refractivity contribution in [3.63, 3.8) is 0 Å². The van der Waals surface area contributed by atoms with Crippen LogP contribution in [0.1, 0.15) is 80.3 Å². The van der Waals surface area contributed by atoms with Gasteiger partial charge in [-0.2, -0.15) is 4.31 Å². The van der Waals surface area contributed by atoms with Crippen LogP contribution in [0.5, 0.6) is 0 Å². The highest BCUT2D eigenvalue weighted by molar-refractivity contribution is 7.89. The monoisotopic (exact) mass is 440 g/mol. The molecule has 2 aromatic rings. The predicted octanol–water partition coefficient (Wildman–Crippen LogP) is 5.01. The number of carbonyl (C=O) groups is 1. The summed E-state index contributed by atoms with van der Waals surface area (Å²) in [5.41, 5.74) is 2.75. The standard InChI is InChI=1S/C25H32N2O3S/c28-16-22-21-12-20(31(29,30)27-7-3-1-2-4-8-27)5-6-23(21)26-24(22)25-13-17-9-18(14-25)11-19(10-17)15-25/h5-6,12,16-19,26H,1-4,7-11,13-15H2. The zero-order valence-electron chi connectivity index (χ0n) is 18.1. The summed E-state index contributed by atoms with van der Waals surface area (Å²) >= 11 is 0. The molecule has 0 atom stereocenters. The smallest absolute Gasteiger partial charge is 0.243 e. The minimum atomic E-state index is -3.53. The van der Waals surface area contributed by atoms with Gasteiger partial charge < -0.3 is 4.98 Å². The number of benzene rings is 1. The van der Waals surface area contributed by atoms with E-state index in [1.807, 2.05) is 6.07 Å². The van der Waals surface area contributed by atoms with Crippen LogP contribution in [0.2, 0.25) is 0 Å². The van der Waals surface area contributed by atoms with Crippen LogP contribution >= 0.6 is 0 Å². The van der Waals surface area contributed by atoms with Crippen LogP contribution in [0.4, 0.5) is 0 Å². The first-order valence-electron chi connectivity index (χ1n) is 12.1. The molecular weight excluding hydrogens is 408 g/mol. The third kappa shape index (κ3) is 3.12. The number of aromatic nitrogens is 1. The van der Waals surface area contributed by atoms with E-state index >= 15 is 0 Å². The van der Waals surface area contributed by atoms with E-state index in [1.165, 1.54) is 38.5 Å². The van der Waals surface area contributed by atoms with E-state index in [1.54, 1.807) is 16.4 Å². The van der Waals surface area contributed by atoms with Gasteiger partial charge in [0.05, 0.1) is 4.90 Å². The highest BCUT2D eigenvalue weighted by Gasteiger charge is 2.53. The largest absolute Gasteiger partial charge is 0.357 e. The first-order valence-corrected chi connectivity index (χ1v) is 13.5. The van der Waals surface area contributed by atoms with Crippen LogP contribution in [0, 0.1) is 17.8 Å². The van der Waals surface area contributed by atoms with Crippen molar-refractivity contribution in [2.75, 3.05) is 13.1 Å². The number of hydrogen-bond acceptors (Lipinski definition) is 3. The molecule has 1 N–H and O–H groups in total. The molecule has 1 aromatic heterocycles. The molecule has 4 bridgehead atoms. The lowest BCUT2D eigenvalue weighted by atomic mass is 9.48. The Morgan fingerprint density at radius 1 is 0.935 bits per heavy atom. The van der Waals surface area contributed by atoms with Crippen molar-refractivity contribution in [1.29, 1.82) is 0 Å². The molecule has 0 unspecified atom stereocenters. The Morgan fingerprint density at radius 2 is 1.55 bits per heavy atom. The number of H-pyrrole nitrogens is 1. The van der Waals surface area contributed by atoms with Crippen LogP contribution in [0.3, 0.4) is 0 Å². The van der Waals surface area contributed by atoms with Gasteiger partial charge in [0.25, 0.3) is 0 Å². The molecular formula is C25H32N2O3S. The van der Waals surface area contributed by atoms with Crippen LogP contribution in [-0.4, -0.2) is 37.1 Å². The molecule has 0 amide bonds. The van der Waals surface area contributed by atoms with Crippen LogP contribution in [-0.2, 0) is 15.4 Å². The van der Waals surface area contributed by atoms with Crippen molar-refractivity contribution < 1.29 is 13.2 Å². The number of carbonyl (C=O) groups excluding carboxylic acids is 1. The number of rotatable bonds is 4. The lowest BCUT2D eigenvalue weighted by Crippen LogP contribution is -2.49. The molecule has 5 nitrogen and oxygen atoms in total. The number of fused-ring (bicyclic) bond motifs is 1. The summed E-state index contributed by atoms with van der Waals surface area (Å²) < 4.78 is 28.3. The molecule has 0 spiro atoms. The lowest BCUT2D eigenvalue weighted by Gasteiger charge is -2.56. The van der Waals surface area contributed by atoms with Gasteiger partial charge >= 0.3 is 0 Å². The van der Waals surface area contributed by atoms with Gasteiger partial charge in [0.15, 0.2) is 6.29 Å².